The van der Waals surface area contributed by atoms with E-state index in [0.717, 1.165) is 50.4 Å². The Morgan fingerprint density at radius 2 is 1.78 bits per heavy atom. The van der Waals surface area contributed by atoms with Crippen molar-refractivity contribution in [2.24, 2.45) is 4.99 Å². The number of para-hydroxylation sites is 1. The second-order valence-electron chi connectivity index (χ2n) is 10.5. The van der Waals surface area contributed by atoms with E-state index in [9.17, 15) is 4.79 Å². The quantitative estimate of drug-likeness (QED) is 0.217. The third-order valence-electron chi connectivity index (χ3n) is 8.09. The van der Waals surface area contributed by atoms with Crippen LogP contribution in [-0.4, -0.2) is 9.13 Å². The summed E-state index contributed by atoms with van der Waals surface area (Å²) in [5.41, 5.74) is 7.98. The molecule has 4 nitrogen and oxygen atoms in total. The van der Waals surface area contributed by atoms with Gasteiger partial charge in [-0.3, -0.25) is 9.36 Å². The minimum absolute atomic E-state index is 0.0143. The average Bonchev–Trinajstić information content (AvgIpc) is 3.73. The average molecular weight is 590 g/mol. The van der Waals surface area contributed by atoms with Gasteiger partial charge >= 0.3 is 0 Å². The fraction of sp³-hybridized carbons (Fsp3) is 0.118. The molecule has 2 aliphatic rings. The Balaban J connectivity index is 1.32. The van der Waals surface area contributed by atoms with Gasteiger partial charge < -0.3 is 4.57 Å². The third kappa shape index (κ3) is 4.09. The van der Waals surface area contributed by atoms with E-state index >= 15 is 0 Å². The molecule has 0 unspecified atom stereocenters. The van der Waals surface area contributed by atoms with Crippen molar-refractivity contribution in [2.45, 2.75) is 25.4 Å². The molecule has 4 heterocycles. The first-order valence-electron chi connectivity index (χ1n) is 13.6. The number of rotatable bonds is 4. The summed E-state index contributed by atoms with van der Waals surface area (Å²) in [5, 5.41) is 3.95. The second kappa shape index (κ2) is 9.84. The minimum atomic E-state index is -0.127. The van der Waals surface area contributed by atoms with Crippen molar-refractivity contribution >= 4 is 57.0 Å². The predicted molar refractivity (Wildman–Crippen MR) is 170 cm³/mol. The van der Waals surface area contributed by atoms with E-state index < -0.39 is 0 Å². The first-order valence-corrected chi connectivity index (χ1v) is 15.7. The van der Waals surface area contributed by atoms with Gasteiger partial charge in [0.2, 0.25) is 0 Å². The van der Waals surface area contributed by atoms with Gasteiger partial charge in [-0.05, 0) is 59.2 Å². The summed E-state index contributed by atoms with van der Waals surface area (Å²) in [5.74, 6) is 0. The Labute approximate surface area is 249 Å². The normalized spacial score (nSPS) is 16.4. The van der Waals surface area contributed by atoms with Crippen LogP contribution in [0, 0.1) is 0 Å². The van der Waals surface area contributed by atoms with Gasteiger partial charge in [0.05, 0.1) is 16.3 Å². The molecule has 0 N–H and O–H groups in total. The number of nitrogens with zero attached hydrogens (tertiary/aromatic N) is 3. The van der Waals surface area contributed by atoms with E-state index in [1.807, 2.05) is 41.0 Å². The van der Waals surface area contributed by atoms with Crippen LogP contribution < -0.4 is 14.9 Å². The highest BCUT2D eigenvalue weighted by Crippen LogP contribution is 2.42. The molecular weight excluding hydrogens is 566 g/mol. The zero-order valence-corrected chi connectivity index (χ0v) is 24.3. The molecule has 0 spiro atoms. The molecule has 1 aliphatic carbocycles. The van der Waals surface area contributed by atoms with Crippen LogP contribution in [-0.2, 0) is 13.0 Å². The highest BCUT2D eigenvalue weighted by molar-refractivity contribution is 7.10. The monoisotopic (exact) mass is 589 g/mol. The van der Waals surface area contributed by atoms with Crippen molar-refractivity contribution in [1.82, 2.24) is 9.13 Å². The molecule has 1 aliphatic heterocycles. The lowest BCUT2D eigenvalue weighted by molar-refractivity contribution is 0.593. The number of halogens is 1. The van der Waals surface area contributed by atoms with E-state index in [-0.39, 0.29) is 11.6 Å². The van der Waals surface area contributed by atoms with Crippen LogP contribution in [0.25, 0.3) is 22.7 Å². The maximum Gasteiger partial charge on any atom is 0.271 e. The summed E-state index contributed by atoms with van der Waals surface area (Å²) in [6.07, 6.45) is 6.03. The Morgan fingerprint density at radius 3 is 2.66 bits per heavy atom. The van der Waals surface area contributed by atoms with Crippen LogP contribution in [0.4, 0.5) is 0 Å². The third-order valence-corrected chi connectivity index (χ3v) is 10.4. The number of hydrogen-bond donors (Lipinski definition) is 0. The van der Waals surface area contributed by atoms with E-state index in [2.05, 4.69) is 70.7 Å². The Bertz CT molecular complexity index is 2180. The maximum absolute atomic E-state index is 14.2. The fourth-order valence-electron chi connectivity index (χ4n) is 6.19. The topological polar surface area (TPSA) is 39.3 Å². The molecule has 8 rings (SSSR count). The molecule has 3 aromatic heterocycles. The Hall–Kier alpha value is -3.97. The summed E-state index contributed by atoms with van der Waals surface area (Å²) in [6.45, 7) is 0.653. The van der Waals surface area contributed by atoms with Gasteiger partial charge in [0.25, 0.3) is 5.56 Å². The lowest BCUT2D eigenvalue weighted by Gasteiger charge is -2.30. The van der Waals surface area contributed by atoms with Crippen LogP contribution in [0.15, 0.2) is 112 Å². The summed E-state index contributed by atoms with van der Waals surface area (Å²) in [7, 11) is 0. The van der Waals surface area contributed by atoms with E-state index in [1.54, 1.807) is 11.3 Å². The largest absolute Gasteiger partial charge is 0.342 e. The van der Waals surface area contributed by atoms with Gasteiger partial charge in [-0.1, -0.05) is 89.7 Å². The zero-order valence-electron chi connectivity index (χ0n) is 22.0. The van der Waals surface area contributed by atoms with Crippen molar-refractivity contribution < 1.29 is 0 Å². The number of thiazole rings is 1. The molecule has 0 saturated heterocycles. The highest BCUT2D eigenvalue weighted by atomic mass is 35.5. The lowest BCUT2D eigenvalue weighted by Crippen LogP contribution is -2.38. The molecule has 0 radical (unpaired) electrons. The first-order chi connectivity index (χ1) is 20.2. The summed E-state index contributed by atoms with van der Waals surface area (Å²) in [4.78, 5) is 21.2. The van der Waals surface area contributed by atoms with Crippen molar-refractivity contribution in [3.05, 3.63) is 154 Å². The second-order valence-corrected chi connectivity index (χ2v) is 12.8. The fourth-order valence-corrected chi connectivity index (χ4v) is 8.23. The van der Waals surface area contributed by atoms with Crippen LogP contribution in [0.3, 0.4) is 0 Å². The molecule has 0 amide bonds. The van der Waals surface area contributed by atoms with Gasteiger partial charge in [0, 0.05) is 44.7 Å². The minimum Gasteiger partial charge on any atom is -0.342 e. The lowest BCUT2D eigenvalue weighted by atomic mass is 9.85. The standard InChI is InChI=1S/C34H24ClN3OS2/c35-27-12-5-2-9-22(27)19-37-20-23(24-10-4-6-13-28(24)37)18-30-33(39)38-32(29-14-7-17-40-29)26-16-15-21-8-1-3-11-25(21)31(26)36-34(38)41-30/h1-14,17-18,20,32H,15-16,19H2/b30-18-/t32-/m1/s1. The SMILES string of the molecule is O=c1/c(=C/c2cn(Cc3ccccc3Cl)c3ccccc23)sc2n1[C@@H](c1cccs1)C1=C(N=2)c2ccccc2CC1. The van der Waals surface area contributed by atoms with Crippen molar-refractivity contribution in [1.29, 1.82) is 0 Å². The van der Waals surface area contributed by atoms with Gasteiger partial charge in [0.15, 0.2) is 4.80 Å². The number of benzene rings is 3. The molecular formula is C34H24ClN3OS2. The molecule has 41 heavy (non-hydrogen) atoms. The molecule has 1 atom stereocenters. The van der Waals surface area contributed by atoms with E-state index in [0.29, 0.717) is 11.1 Å². The number of fused-ring (bicyclic) bond motifs is 4. The Kier molecular flexibility index (Phi) is 5.95. The van der Waals surface area contributed by atoms with Gasteiger partial charge in [-0.2, -0.15) is 0 Å². The summed E-state index contributed by atoms with van der Waals surface area (Å²) < 4.78 is 4.83. The summed E-state index contributed by atoms with van der Waals surface area (Å²) in [6, 6.07) is 28.9. The maximum atomic E-state index is 14.2. The van der Waals surface area contributed by atoms with Gasteiger partial charge in [-0.15, -0.1) is 11.3 Å². The highest BCUT2D eigenvalue weighted by Gasteiger charge is 2.33. The zero-order chi connectivity index (χ0) is 27.5. The number of thiophene rings is 1. The molecule has 0 saturated carbocycles. The number of allylic oxidation sites excluding steroid dienone is 1. The molecule has 200 valence electrons. The van der Waals surface area contributed by atoms with Gasteiger partial charge in [0.1, 0.15) is 0 Å². The van der Waals surface area contributed by atoms with Crippen LogP contribution in [0.2, 0.25) is 5.02 Å². The first kappa shape index (κ1) is 24.8. The smallest absolute Gasteiger partial charge is 0.271 e. The van der Waals surface area contributed by atoms with Crippen LogP contribution >= 0.6 is 34.3 Å². The predicted octanol–water partition coefficient (Wildman–Crippen LogP) is 7.04. The number of aromatic nitrogens is 2. The van der Waals surface area contributed by atoms with E-state index in [4.69, 9.17) is 16.6 Å². The van der Waals surface area contributed by atoms with Crippen LogP contribution in [0.5, 0.6) is 0 Å². The molecule has 0 fully saturated rings. The van der Waals surface area contributed by atoms with Crippen molar-refractivity contribution in [3.8, 4) is 0 Å². The number of aryl methyl sites for hydroxylation is 1. The van der Waals surface area contributed by atoms with Crippen LogP contribution in [0.1, 0.15) is 39.6 Å². The molecule has 3 aromatic carbocycles. The van der Waals surface area contributed by atoms with Crippen molar-refractivity contribution in [3.63, 3.8) is 0 Å². The number of hydrogen-bond acceptors (Lipinski definition) is 4. The van der Waals surface area contributed by atoms with Crippen molar-refractivity contribution in [2.75, 3.05) is 0 Å². The van der Waals surface area contributed by atoms with Gasteiger partial charge in [-0.25, -0.2) is 4.99 Å². The molecule has 0 bridgehead atoms. The Morgan fingerprint density at radius 1 is 0.951 bits per heavy atom. The van der Waals surface area contributed by atoms with E-state index in [1.165, 1.54) is 32.9 Å². The molecule has 7 heteroatoms. The molecule has 6 aromatic rings. The summed E-state index contributed by atoms with van der Waals surface area (Å²) >= 11 is 9.69.